The number of benzene rings is 1. The van der Waals surface area contributed by atoms with E-state index in [1.54, 1.807) is 12.1 Å². The van der Waals surface area contributed by atoms with Gasteiger partial charge >= 0.3 is 0 Å². The lowest BCUT2D eigenvalue weighted by atomic mass is 10.1. The number of thiazole rings is 1. The Bertz CT molecular complexity index is 549. The Hall–Kier alpha value is -1.75. The van der Waals surface area contributed by atoms with Crippen LogP contribution in [0, 0.1) is 24.0 Å². The van der Waals surface area contributed by atoms with Crippen LogP contribution >= 0.6 is 11.3 Å². The molecule has 0 amide bonds. The van der Waals surface area contributed by atoms with Gasteiger partial charge in [0.05, 0.1) is 4.92 Å². The Labute approximate surface area is 96.7 Å². The van der Waals surface area contributed by atoms with Crippen LogP contribution in [0.4, 0.5) is 5.69 Å². The van der Waals surface area contributed by atoms with Gasteiger partial charge in [0, 0.05) is 28.8 Å². The maximum absolute atomic E-state index is 10.7. The van der Waals surface area contributed by atoms with Crippen LogP contribution in [0.3, 0.4) is 0 Å². The van der Waals surface area contributed by atoms with Crippen LogP contribution < -0.4 is 0 Å². The van der Waals surface area contributed by atoms with Crippen LogP contribution in [0.25, 0.3) is 10.6 Å². The second-order valence-corrected chi connectivity index (χ2v) is 4.41. The number of rotatable bonds is 2. The summed E-state index contributed by atoms with van der Waals surface area (Å²) in [4.78, 5) is 14.6. The van der Waals surface area contributed by atoms with Gasteiger partial charge in [0.15, 0.2) is 0 Å². The highest BCUT2D eigenvalue weighted by molar-refractivity contribution is 7.13. The molecule has 1 aromatic heterocycles. The molecule has 0 N–H and O–H groups in total. The Kier molecular flexibility index (Phi) is 2.70. The number of hydrogen-bond acceptors (Lipinski definition) is 4. The molecule has 16 heavy (non-hydrogen) atoms. The molecule has 0 spiro atoms. The van der Waals surface area contributed by atoms with Crippen molar-refractivity contribution in [3.63, 3.8) is 0 Å². The van der Waals surface area contributed by atoms with E-state index in [1.165, 1.54) is 17.4 Å². The normalized spacial score (nSPS) is 10.4. The van der Waals surface area contributed by atoms with E-state index in [2.05, 4.69) is 4.98 Å². The van der Waals surface area contributed by atoms with Crippen molar-refractivity contribution >= 4 is 17.0 Å². The number of aryl methyl sites for hydroxylation is 2. The lowest BCUT2D eigenvalue weighted by Gasteiger charge is -2.01. The average Bonchev–Trinajstić information content (AvgIpc) is 2.65. The van der Waals surface area contributed by atoms with Crippen molar-refractivity contribution in [2.24, 2.45) is 0 Å². The van der Waals surface area contributed by atoms with Crippen molar-refractivity contribution < 1.29 is 4.92 Å². The molecule has 0 aliphatic rings. The van der Waals surface area contributed by atoms with E-state index in [0.717, 1.165) is 21.8 Å². The first-order chi connectivity index (χ1) is 7.58. The quantitative estimate of drug-likeness (QED) is 0.591. The van der Waals surface area contributed by atoms with Gasteiger partial charge in [-0.3, -0.25) is 10.1 Å². The second kappa shape index (κ2) is 4.02. The topological polar surface area (TPSA) is 56.0 Å². The average molecular weight is 234 g/mol. The molecule has 1 heterocycles. The zero-order chi connectivity index (χ0) is 11.7. The lowest BCUT2D eigenvalue weighted by molar-refractivity contribution is -0.384. The fourth-order valence-electron chi connectivity index (χ4n) is 1.43. The molecule has 0 aliphatic heterocycles. The van der Waals surface area contributed by atoms with E-state index < -0.39 is 0 Å². The Balaban J connectivity index is 2.55. The second-order valence-electron chi connectivity index (χ2n) is 3.55. The zero-order valence-corrected chi connectivity index (χ0v) is 9.75. The maximum atomic E-state index is 10.7. The molecule has 0 saturated heterocycles. The number of nitrogens with zero attached hydrogens (tertiary/aromatic N) is 2. The molecular weight excluding hydrogens is 224 g/mol. The molecule has 0 atom stereocenters. The predicted octanol–water partition coefficient (Wildman–Crippen LogP) is 3.34. The van der Waals surface area contributed by atoms with Crippen molar-refractivity contribution in [1.82, 2.24) is 4.98 Å². The van der Waals surface area contributed by atoms with Crippen molar-refractivity contribution in [2.45, 2.75) is 13.8 Å². The third-order valence-corrected chi connectivity index (χ3v) is 3.27. The molecule has 1 aromatic carbocycles. The van der Waals surface area contributed by atoms with Gasteiger partial charge in [0.25, 0.3) is 5.69 Å². The predicted molar refractivity (Wildman–Crippen MR) is 63.7 cm³/mol. The summed E-state index contributed by atoms with van der Waals surface area (Å²) in [6, 6.07) is 4.84. The molecule has 0 bridgehead atoms. The number of non-ortho nitro benzene ring substituents is 1. The summed E-state index contributed by atoms with van der Waals surface area (Å²) in [5.41, 5.74) is 2.88. The van der Waals surface area contributed by atoms with Crippen molar-refractivity contribution in [2.75, 3.05) is 0 Å². The van der Waals surface area contributed by atoms with Gasteiger partial charge in [0.2, 0.25) is 0 Å². The molecular formula is C11H10N2O2S. The summed E-state index contributed by atoms with van der Waals surface area (Å²) in [5, 5.41) is 13.5. The van der Waals surface area contributed by atoms with Crippen molar-refractivity contribution in [3.05, 3.63) is 45.0 Å². The van der Waals surface area contributed by atoms with Gasteiger partial charge < -0.3 is 0 Å². The van der Waals surface area contributed by atoms with E-state index in [-0.39, 0.29) is 10.6 Å². The minimum absolute atomic E-state index is 0.105. The summed E-state index contributed by atoms with van der Waals surface area (Å²) in [5.74, 6) is 0. The summed E-state index contributed by atoms with van der Waals surface area (Å²) >= 11 is 1.50. The van der Waals surface area contributed by atoms with Gasteiger partial charge in [0.1, 0.15) is 5.01 Å². The van der Waals surface area contributed by atoms with Crippen LogP contribution in [0.5, 0.6) is 0 Å². The minimum Gasteiger partial charge on any atom is -0.258 e. The van der Waals surface area contributed by atoms with Crippen molar-refractivity contribution in [3.8, 4) is 10.6 Å². The monoisotopic (exact) mass is 234 g/mol. The molecule has 2 aromatic rings. The van der Waals surface area contributed by atoms with Crippen LogP contribution in [0.15, 0.2) is 23.6 Å². The summed E-state index contributed by atoms with van der Waals surface area (Å²) in [7, 11) is 0. The SMILES string of the molecule is Cc1csc(-c2cc([N+](=O)[O-])ccc2C)n1. The van der Waals surface area contributed by atoms with Crippen LogP contribution in [-0.4, -0.2) is 9.91 Å². The molecule has 2 rings (SSSR count). The van der Waals surface area contributed by atoms with Gasteiger partial charge in [-0.25, -0.2) is 4.98 Å². The smallest absolute Gasteiger partial charge is 0.258 e. The summed E-state index contributed by atoms with van der Waals surface area (Å²) in [6.07, 6.45) is 0. The molecule has 0 radical (unpaired) electrons. The molecule has 0 aliphatic carbocycles. The maximum Gasteiger partial charge on any atom is 0.270 e. The minimum atomic E-state index is -0.386. The Morgan fingerprint density at radius 3 is 2.69 bits per heavy atom. The van der Waals surface area contributed by atoms with E-state index in [0.29, 0.717) is 0 Å². The van der Waals surface area contributed by atoms with Crippen molar-refractivity contribution in [1.29, 1.82) is 0 Å². The fourth-order valence-corrected chi connectivity index (χ4v) is 2.31. The standard InChI is InChI=1S/C11H10N2O2S/c1-7-3-4-9(13(14)15)5-10(7)11-12-8(2)6-16-11/h3-6H,1-2H3. The number of hydrogen-bond donors (Lipinski definition) is 0. The third kappa shape index (κ3) is 1.94. The van der Waals surface area contributed by atoms with E-state index in [1.807, 2.05) is 19.2 Å². The van der Waals surface area contributed by atoms with Gasteiger partial charge in [-0.05, 0) is 19.4 Å². The molecule has 5 heteroatoms. The molecule has 0 unspecified atom stereocenters. The first-order valence-electron chi connectivity index (χ1n) is 4.75. The van der Waals surface area contributed by atoms with Gasteiger partial charge in [-0.1, -0.05) is 6.07 Å². The number of nitro groups is 1. The van der Waals surface area contributed by atoms with E-state index >= 15 is 0 Å². The summed E-state index contributed by atoms with van der Waals surface area (Å²) < 4.78 is 0. The largest absolute Gasteiger partial charge is 0.270 e. The number of nitro benzene ring substituents is 1. The zero-order valence-electron chi connectivity index (χ0n) is 8.93. The lowest BCUT2D eigenvalue weighted by Crippen LogP contribution is -1.90. The fraction of sp³-hybridized carbons (Fsp3) is 0.182. The number of aromatic nitrogens is 1. The molecule has 0 saturated carbocycles. The highest BCUT2D eigenvalue weighted by Crippen LogP contribution is 2.29. The molecule has 4 nitrogen and oxygen atoms in total. The first-order valence-corrected chi connectivity index (χ1v) is 5.63. The first kappa shape index (κ1) is 10.8. The van der Waals surface area contributed by atoms with Crippen LogP contribution in [0.1, 0.15) is 11.3 Å². The Morgan fingerprint density at radius 1 is 1.38 bits per heavy atom. The highest BCUT2D eigenvalue weighted by atomic mass is 32.1. The van der Waals surface area contributed by atoms with E-state index in [4.69, 9.17) is 0 Å². The highest BCUT2D eigenvalue weighted by Gasteiger charge is 2.12. The van der Waals surface area contributed by atoms with Gasteiger partial charge in [-0.15, -0.1) is 11.3 Å². The van der Waals surface area contributed by atoms with E-state index in [9.17, 15) is 10.1 Å². The molecule has 82 valence electrons. The van der Waals surface area contributed by atoms with Crippen LogP contribution in [0.2, 0.25) is 0 Å². The van der Waals surface area contributed by atoms with Crippen LogP contribution in [-0.2, 0) is 0 Å². The third-order valence-electron chi connectivity index (χ3n) is 2.28. The molecule has 0 fully saturated rings. The Morgan fingerprint density at radius 2 is 2.12 bits per heavy atom. The summed E-state index contributed by atoms with van der Waals surface area (Å²) in [6.45, 7) is 3.84. The van der Waals surface area contributed by atoms with Gasteiger partial charge in [-0.2, -0.15) is 0 Å².